The van der Waals surface area contributed by atoms with Crippen LogP contribution in [0.15, 0.2) is 36.4 Å². The fourth-order valence-corrected chi connectivity index (χ4v) is 2.58. The molecule has 1 atom stereocenters. The number of ether oxygens (including phenoxy) is 3. The van der Waals surface area contributed by atoms with Crippen LogP contribution >= 0.6 is 0 Å². The molecule has 0 heterocycles. The topological polar surface area (TPSA) is 114 Å². The predicted octanol–water partition coefficient (Wildman–Crippen LogP) is 2.03. The molecule has 0 radical (unpaired) electrons. The molecule has 1 unspecified atom stereocenters. The van der Waals surface area contributed by atoms with Gasteiger partial charge in [-0.1, -0.05) is 18.2 Å². The summed E-state index contributed by atoms with van der Waals surface area (Å²) in [6, 6.07) is 10.4. The lowest BCUT2D eigenvalue weighted by molar-refractivity contribution is -0.757. The monoisotopic (exact) mass is 377 g/mol. The summed E-state index contributed by atoms with van der Waals surface area (Å²) >= 11 is 0. The van der Waals surface area contributed by atoms with E-state index >= 15 is 0 Å². The Labute approximate surface area is 154 Å². The number of fused-ring (bicyclic) bond motifs is 1. The number of esters is 2. The lowest BCUT2D eigenvalue weighted by atomic mass is 9.81. The Bertz CT molecular complexity index is 866. The van der Waals surface area contributed by atoms with Crippen molar-refractivity contribution in [3.63, 3.8) is 0 Å². The highest BCUT2D eigenvalue weighted by molar-refractivity contribution is 6.06. The highest BCUT2D eigenvalue weighted by Gasteiger charge is 2.46. The van der Waals surface area contributed by atoms with E-state index in [1.54, 1.807) is 37.4 Å². The minimum absolute atomic E-state index is 0.368. The fourth-order valence-electron chi connectivity index (χ4n) is 2.58. The quantitative estimate of drug-likeness (QED) is 0.226. The molecule has 0 fully saturated rings. The number of hydrogen-bond donors (Lipinski definition) is 0. The van der Waals surface area contributed by atoms with Crippen molar-refractivity contribution < 1.29 is 33.7 Å². The van der Waals surface area contributed by atoms with Gasteiger partial charge in [-0.25, -0.2) is 0 Å². The molecule has 0 amide bonds. The van der Waals surface area contributed by atoms with Gasteiger partial charge in [-0.2, -0.15) is 0 Å². The highest BCUT2D eigenvalue weighted by Crippen LogP contribution is 2.31. The van der Waals surface area contributed by atoms with Crippen molar-refractivity contribution in [3.05, 3.63) is 52.1 Å². The Morgan fingerprint density at radius 1 is 1.04 bits per heavy atom. The van der Waals surface area contributed by atoms with Gasteiger partial charge in [0.1, 0.15) is 19.0 Å². The summed E-state index contributed by atoms with van der Waals surface area (Å²) in [4.78, 5) is 39.2. The van der Waals surface area contributed by atoms with Crippen molar-refractivity contribution in [2.45, 2.75) is 12.3 Å². The summed E-state index contributed by atoms with van der Waals surface area (Å²) in [5.74, 6) is -1.03. The van der Waals surface area contributed by atoms with E-state index in [-0.39, 0.29) is 6.61 Å². The van der Waals surface area contributed by atoms with E-state index in [9.17, 15) is 19.7 Å². The van der Waals surface area contributed by atoms with E-state index in [0.717, 1.165) is 17.9 Å². The van der Waals surface area contributed by atoms with Gasteiger partial charge >= 0.3 is 11.9 Å². The maximum atomic E-state index is 12.6. The SMILES string of the molecule is COC(=O)C(C)(C(=O)OCCO[N+](=O)[O-])c1ccc2cc(OC)ccc2c1. The molecule has 0 aliphatic carbocycles. The molecule has 2 aromatic carbocycles. The van der Waals surface area contributed by atoms with Crippen molar-refractivity contribution in [3.8, 4) is 5.75 Å². The number of hydrogen-bond acceptors (Lipinski definition) is 8. The molecule has 0 bridgehead atoms. The van der Waals surface area contributed by atoms with Gasteiger partial charge in [-0.15, -0.1) is 10.1 Å². The second-order valence-electron chi connectivity index (χ2n) is 5.74. The zero-order valence-electron chi connectivity index (χ0n) is 15.1. The maximum Gasteiger partial charge on any atom is 0.327 e. The molecule has 0 saturated heterocycles. The first-order valence-electron chi connectivity index (χ1n) is 7.94. The average molecular weight is 377 g/mol. The van der Waals surface area contributed by atoms with Gasteiger partial charge in [0.2, 0.25) is 0 Å². The molecule has 2 aromatic rings. The summed E-state index contributed by atoms with van der Waals surface area (Å²) in [5.41, 5.74) is -1.37. The van der Waals surface area contributed by atoms with E-state index < -0.39 is 29.0 Å². The Hall–Kier alpha value is -3.36. The van der Waals surface area contributed by atoms with E-state index in [0.29, 0.717) is 11.3 Å². The zero-order valence-corrected chi connectivity index (χ0v) is 15.1. The molecule has 0 aliphatic rings. The molecule has 9 heteroatoms. The third-order valence-corrected chi connectivity index (χ3v) is 4.14. The highest BCUT2D eigenvalue weighted by atomic mass is 17.0. The average Bonchev–Trinajstić information content (AvgIpc) is 2.68. The number of rotatable bonds is 8. The van der Waals surface area contributed by atoms with Crippen molar-refractivity contribution in [1.82, 2.24) is 0 Å². The van der Waals surface area contributed by atoms with Gasteiger partial charge in [0, 0.05) is 0 Å². The summed E-state index contributed by atoms with van der Waals surface area (Å²) in [7, 11) is 2.72. The van der Waals surface area contributed by atoms with Crippen LogP contribution in [0.1, 0.15) is 12.5 Å². The van der Waals surface area contributed by atoms with Crippen LogP contribution in [-0.4, -0.2) is 44.5 Å². The Kier molecular flexibility index (Phi) is 6.17. The van der Waals surface area contributed by atoms with Crippen LogP contribution in [0.4, 0.5) is 0 Å². The first-order chi connectivity index (χ1) is 12.8. The smallest absolute Gasteiger partial charge is 0.327 e. The number of benzene rings is 2. The maximum absolute atomic E-state index is 12.6. The minimum atomic E-state index is -1.74. The van der Waals surface area contributed by atoms with Crippen LogP contribution in [0.5, 0.6) is 5.75 Å². The number of carbonyl (C=O) groups is 2. The molecular formula is C18H19NO8. The zero-order chi connectivity index (χ0) is 20.0. The third-order valence-electron chi connectivity index (χ3n) is 4.14. The van der Waals surface area contributed by atoms with Gasteiger partial charge < -0.3 is 19.0 Å². The Morgan fingerprint density at radius 2 is 1.70 bits per heavy atom. The number of methoxy groups -OCH3 is 2. The lowest BCUT2D eigenvalue weighted by Crippen LogP contribution is -2.43. The summed E-state index contributed by atoms with van der Waals surface area (Å²) in [6.45, 7) is 0.560. The van der Waals surface area contributed by atoms with Crippen molar-refractivity contribution in [2.75, 3.05) is 27.4 Å². The second kappa shape index (κ2) is 8.35. The van der Waals surface area contributed by atoms with E-state index in [4.69, 9.17) is 14.2 Å². The first kappa shape index (κ1) is 20.0. The molecule has 0 N–H and O–H groups in total. The first-order valence-corrected chi connectivity index (χ1v) is 7.94. The fraction of sp³-hybridized carbons (Fsp3) is 0.333. The molecule has 2 rings (SSSR count). The van der Waals surface area contributed by atoms with Gasteiger partial charge in [-0.3, -0.25) is 9.59 Å². The predicted molar refractivity (Wildman–Crippen MR) is 93.8 cm³/mol. The second-order valence-corrected chi connectivity index (χ2v) is 5.74. The molecule has 0 saturated carbocycles. The summed E-state index contributed by atoms with van der Waals surface area (Å²) in [5, 5.41) is 10.8. The molecule has 0 aliphatic heterocycles. The summed E-state index contributed by atoms with van der Waals surface area (Å²) in [6.07, 6.45) is 0. The third kappa shape index (κ3) is 4.25. The van der Waals surface area contributed by atoms with Crippen molar-refractivity contribution >= 4 is 22.7 Å². The standard InChI is InChI=1S/C18H19NO8/c1-18(16(20)25-3,17(21)26-8-9-27-19(22)23)14-6-4-13-11-15(24-2)7-5-12(13)10-14/h4-7,10-11H,8-9H2,1-3H3. The molecular weight excluding hydrogens is 358 g/mol. The minimum Gasteiger partial charge on any atom is -0.497 e. The Balaban J connectivity index is 2.34. The van der Waals surface area contributed by atoms with E-state index in [1.807, 2.05) is 6.07 Å². The van der Waals surface area contributed by atoms with Crippen molar-refractivity contribution in [2.24, 2.45) is 0 Å². The Morgan fingerprint density at radius 3 is 2.33 bits per heavy atom. The van der Waals surface area contributed by atoms with Crippen LogP contribution in [0.3, 0.4) is 0 Å². The molecule has 27 heavy (non-hydrogen) atoms. The molecule has 0 aromatic heterocycles. The normalized spacial score (nSPS) is 12.7. The summed E-state index contributed by atoms with van der Waals surface area (Å²) < 4.78 is 15.0. The van der Waals surface area contributed by atoms with Crippen molar-refractivity contribution in [1.29, 1.82) is 0 Å². The van der Waals surface area contributed by atoms with Gasteiger partial charge in [0.15, 0.2) is 5.41 Å². The van der Waals surface area contributed by atoms with Gasteiger partial charge in [-0.05, 0) is 41.5 Å². The molecule has 144 valence electrons. The molecule has 9 nitrogen and oxygen atoms in total. The van der Waals surface area contributed by atoms with Gasteiger partial charge in [0.05, 0.1) is 14.2 Å². The van der Waals surface area contributed by atoms with Gasteiger partial charge in [0.25, 0.3) is 5.09 Å². The van der Waals surface area contributed by atoms with Crippen LogP contribution in [0.2, 0.25) is 0 Å². The van der Waals surface area contributed by atoms with Crippen LogP contribution < -0.4 is 4.74 Å². The van der Waals surface area contributed by atoms with Crippen LogP contribution in [0.25, 0.3) is 10.8 Å². The molecule has 0 spiro atoms. The number of carbonyl (C=O) groups excluding carboxylic acids is 2. The number of nitrogens with zero attached hydrogens (tertiary/aromatic N) is 1. The largest absolute Gasteiger partial charge is 0.497 e. The van der Waals surface area contributed by atoms with Crippen LogP contribution in [0, 0.1) is 10.1 Å². The van der Waals surface area contributed by atoms with E-state index in [2.05, 4.69) is 4.84 Å². The lowest BCUT2D eigenvalue weighted by Gasteiger charge is -2.25. The van der Waals surface area contributed by atoms with Crippen LogP contribution in [-0.2, 0) is 29.3 Å². The van der Waals surface area contributed by atoms with E-state index in [1.165, 1.54) is 6.92 Å².